The minimum atomic E-state index is -3.76. The minimum Gasteiger partial charge on any atom is -0.478 e. The fourth-order valence-corrected chi connectivity index (χ4v) is 4.82. The van der Waals surface area contributed by atoms with Gasteiger partial charge in [0.2, 0.25) is 10.0 Å². The maximum absolute atomic E-state index is 12.8. The molecule has 1 aliphatic rings. The van der Waals surface area contributed by atoms with Crippen molar-refractivity contribution >= 4 is 31.9 Å². The van der Waals surface area contributed by atoms with Gasteiger partial charge in [-0.3, -0.25) is 0 Å². The van der Waals surface area contributed by atoms with Crippen LogP contribution in [0.4, 0.5) is 0 Å². The van der Waals surface area contributed by atoms with Crippen LogP contribution in [0.5, 0.6) is 0 Å². The lowest BCUT2D eigenvalue weighted by atomic mass is 10.1. The van der Waals surface area contributed by atoms with E-state index in [-0.39, 0.29) is 28.6 Å². The monoisotopic (exact) mass is 377 g/mol. The average molecular weight is 378 g/mol. The van der Waals surface area contributed by atoms with E-state index in [9.17, 15) is 18.3 Å². The lowest BCUT2D eigenvalue weighted by Gasteiger charge is -2.32. The highest BCUT2D eigenvalue weighted by molar-refractivity contribution is 9.10. The summed E-state index contributed by atoms with van der Waals surface area (Å²) in [6.45, 7) is 4.20. The van der Waals surface area contributed by atoms with Gasteiger partial charge in [-0.05, 0) is 31.5 Å². The largest absolute Gasteiger partial charge is 0.478 e. The molecule has 6 nitrogen and oxygen atoms in total. The predicted octanol–water partition coefficient (Wildman–Crippen LogP) is 1.87. The number of carboxylic acids is 1. The Bertz CT molecular complexity index is 673. The van der Waals surface area contributed by atoms with Gasteiger partial charge in [0.05, 0.1) is 23.7 Å². The van der Waals surface area contributed by atoms with Crippen molar-refractivity contribution in [2.45, 2.75) is 24.8 Å². The van der Waals surface area contributed by atoms with Crippen molar-refractivity contribution in [3.05, 3.63) is 27.7 Å². The number of sulfonamides is 1. The van der Waals surface area contributed by atoms with Crippen LogP contribution in [0.25, 0.3) is 0 Å². The molecule has 1 N–H and O–H groups in total. The molecule has 0 spiro atoms. The highest BCUT2D eigenvalue weighted by atomic mass is 79.9. The molecule has 1 fully saturated rings. The normalized spacial score (nSPS) is 20.4. The van der Waals surface area contributed by atoms with Crippen molar-refractivity contribution in [3.8, 4) is 0 Å². The first-order valence-corrected chi connectivity index (χ1v) is 8.61. The minimum absolute atomic E-state index is 0.0167. The summed E-state index contributed by atoms with van der Waals surface area (Å²) in [7, 11) is -3.76. The summed E-state index contributed by atoms with van der Waals surface area (Å²) in [5, 5.41) is 9.19. The molecule has 1 atom stereocenters. The van der Waals surface area contributed by atoms with Crippen molar-refractivity contribution in [3.63, 3.8) is 0 Å². The molecule has 21 heavy (non-hydrogen) atoms. The molecule has 0 bridgehead atoms. The van der Waals surface area contributed by atoms with E-state index in [0.717, 1.165) is 0 Å². The molecule has 8 heteroatoms. The maximum atomic E-state index is 12.8. The second kappa shape index (κ2) is 6.04. The van der Waals surface area contributed by atoms with Gasteiger partial charge in [0.1, 0.15) is 0 Å². The second-order valence-corrected chi connectivity index (χ2v) is 7.70. The van der Waals surface area contributed by atoms with Crippen molar-refractivity contribution < 1.29 is 23.1 Å². The van der Waals surface area contributed by atoms with Gasteiger partial charge in [0, 0.05) is 17.1 Å². The number of carbonyl (C=O) groups is 1. The zero-order chi connectivity index (χ0) is 15.8. The number of morpholine rings is 1. The molecule has 2 rings (SSSR count). The lowest BCUT2D eigenvalue weighted by molar-refractivity contribution is 0.0392. The number of aromatic carboxylic acids is 1. The van der Waals surface area contributed by atoms with Crippen molar-refractivity contribution in [2.24, 2.45) is 0 Å². The van der Waals surface area contributed by atoms with E-state index >= 15 is 0 Å². The fraction of sp³-hybridized carbons (Fsp3) is 0.462. The van der Waals surface area contributed by atoms with E-state index in [1.54, 1.807) is 6.92 Å². The topological polar surface area (TPSA) is 83.9 Å². The molecular weight excluding hydrogens is 362 g/mol. The quantitative estimate of drug-likeness (QED) is 0.868. The Balaban J connectivity index is 2.57. The maximum Gasteiger partial charge on any atom is 0.336 e. The first-order chi connectivity index (χ1) is 9.75. The molecule has 0 unspecified atom stereocenters. The molecule has 0 amide bonds. The molecule has 1 heterocycles. The van der Waals surface area contributed by atoms with E-state index in [2.05, 4.69) is 15.9 Å². The van der Waals surface area contributed by atoms with Crippen LogP contribution in [0.3, 0.4) is 0 Å². The van der Waals surface area contributed by atoms with Gasteiger partial charge in [-0.2, -0.15) is 4.31 Å². The zero-order valence-corrected chi connectivity index (χ0v) is 14.1. The molecule has 0 radical (unpaired) electrons. The molecule has 0 saturated carbocycles. The summed E-state index contributed by atoms with van der Waals surface area (Å²) in [5.74, 6) is -1.15. The fourth-order valence-electron chi connectivity index (χ4n) is 2.34. The van der Waals surface area contributed by atoms with E-state index in [1.165, 1.54) is 23.4 Å². The van der Waals surface area contributed by atoms with Crippen LogP contribution < -0.4 is 0 Å². The standard InChI is InChI=1S/C13H16BrNO5S/c1-8-7-20-4-3-15(8)21(18,19)12-6-10(14)5-11(9(12)2)13(16)17/h5-6,8H,3-4,7H2,1-2H3,(H,16,17)/t8-/m1/s1. The third kappa shape index (κ3) is 3.13. The predicted molar refractivity (Wildman–Crippen MR) is 80.0 cm³/mol. The van der Waals surface area contributed by atoms with E-state index in [4.69, 9.17) is 4.74 Å². The summed E-state index contributed by atoms with van der Waals surface area (Å²) in [5.41, 5.74) is 0.216. The Morgan fingerprint density at radius 2 is 2.14 bits per heavy atom. The third-order valence-electron chi connectivity index (χ3n) is 3.45. The van der Waals surface area contributed by atoms with Crippen LogP contribution in [-0.4, -0.2) is 49.6 Å². The van der Waals surface area contributed by atoms with Crippen LogP contribution in [0.2, 0.25) is 0 Å². The number of hydrogen-bond donors (Lipinski definition) is 1. The summed E-state index contributed by atoms with van der Waals surface area (Å²) in [6, 6.07) is 2.56. The summed E-state index contributed by atoms with van der Waals surface area (Å²) in [4.78, 5) is 11.3. The second-order valence-electron chi connectivity index (χ2n) is 4.92. The smallest absolute Gasteiger partial charge is 0.336 e. The Morgan fingerprint density at radius 3 is 2.71 bits per heavy atom. The van der Waals surface area contributed by atoms with Gasteiger partial charge in [-0.25, -0.2) is 13.2 Å². The Labute approximate surface area is 131 Å². The Hall–Kier alpha value is -0.960. The number of ether oxygens (including phenoxy) is 1. The molecule has 0 aliphatic carbocycles. The lowest BCUT2D eigenvalue weighted by Crippen LogP contribution is -2.47. The van der Waals surface area contributed by atoms with Crippen molar-refractivity contribution in [1.82, 2.24) is 4.31 Å². The number of hydrogen-bond acceptors (Lipinski definition) is 4. The van der Waals surface area contributed by atoms with Gasteiger partial charge in [-0.15, -0.1) is 0 Å². The summed E-state index contributed by atoms with van der Waals surface area (Å²) < 4.78 is 32.6. The van der Waals surface area contributed by atoms with Gasteiger partial charge >= 0.3 is 5.97 Å². The number of benzene rings is 1. The summed E-state index contributed by atoms with van der Waals surface area (Å²) in [6.07, 6.45) is 0. The highest BCUT2D eigenvalue weighted by Gasteiger charge is 2.33. The molecular formula is C13H16BrNO5S. The van der Waals surface area contributed by atoms with Gasteiger partial charge in [0.25, 0.3) is 0 Å². The molecule has 1 aromatic rings. The van der Waals surface area contributed by atoms with E-state index in [0.29, 0.717) is 17.7 Å². The number of rotatable bonds is 3. The number of nitrogens with zero attached hydrogens (tertiary/aromatic N) is 1. The van der Waals surface area contributed by atoms with Crippen LogP contribution in [0.15, 0.2) is 21.5 Å². The molecule has 1 saturated heterocycles. The Kier molecular flexibility index (Phi) is 4.72. The van der Waals surface area contributed by atoms with Crippen molar-refractivity contribution in [1.29, 1.82) is 0 Å². The number of carboxylic acid groups (broad SMARTS) is 1. The highest BCUT2D eigenvalue weighted by Crippen LogP contribution is 2.29. The van der Waals surface area contributed by atoms with E-state index < -0.39 is 16.0 Å². The van der Waals surface area contributed by atoms with E-state index in [1.807, 2.05) is 0 Å². The van der Waals surface area contributed by atoms with Crippen LogP contribution in [0.1, 0.15) is 22.8 Å². The van der Waals surface area contributed by atoms with Gasteiger partial charge in [-0.1, -0.05) is 15.9 Å². The van der Waals surface area contributed by atoms with Gasteiger partial charge < -0.3 is 9.84 Å². The Morgan fingerprint density at radius 1 is 1.48 bits per heavy atom. The zero-order valence-electron chi connectivity index (χ0n) is 11.7. The third-order valence-corrected chi connectivity index (χ3v) is 6.05. The molecule has 1 aliphatic heterocycles. The van der Waals surface area contributed by atoms with Crippen molar-refractivity contribution in [2.75, 3.05) is 19.8 Å². The van der Waals surface area contributed by atoms with Crippen LogP contribution in [0, 0.1) is 6.92 Å². The first-order valence-electron chi connectivity index (χ1n) is 6.38. The van der Waals surface area contributed by atoms with Gasteiger partial charge in [0.15, 0.2) is 0 Å². The van der Waals surface area contributed by atoms with Crippen LogP contribution in [-0.2, 0) is 14.8 Å². The first kappa shape index (κ1) is 16.4. The number of halogens is 1. The molecule has 0 aromatic heterocycles. The molecule has 1 aromatic carbocycles. The SMILES string of the molecule is Cc1c(C(=O)O)cc(Br)cc1S(=O)(=O)N1CCOC[C@H]1C. The van der Waals surface area contributed by atoms with Crippen LogP contribution >= 0.6 is 15.9 Å². The summed E-state index contributed by atoms with van der Waals surface area (Å²) >= 11 is 3.18. The molecule has 116 valence electrons. The average Bonchev–Trinajstić information content (AvgIpc) is 2.40.